The minimum absolute atomic E-state index is 0.0118. The van der Waals surface area contributed by atoms with E-state index in [-0.39, 0.29) is 10.6 Å². The van der Waals surface area contributed by atoms with Crippen LogP contribution in [0.1, 0.15) is 29.0 Å². The zero-order valence-electron chi connectivity index (χ0n) is 15.7. The topological polar surface area (TPSA) is 88.0 Å². The van der Waals surface area contributed by atoms with E-state index in [1.54, 1.807) is 18.3 Å². The van der Waals surface area contributed by atoms with Crippen LogP contribution >= 0.6 is 11.6 Å². The van der Waals surface area contributed by atoms with Gasteiger partial charge in [-0.05, 0) is 49.1 Å². The molecule has 0 saturated heterocycles. The first kappa shape index (κ1) is 18.7. The van der Waals surface area contributed by atoms with Gasteiger partial charge in [-0.15, -0.1) is 0 Å². The smallest absolute Gasteiger partial charge is 0.335 e. The number of pyridine rings is 1. The number of carboxylic acid groups (broad SMARTS) is 1. The molecular weight excluding hydrogens is 407 g/mol. The Morgan fingerprint density at radius 3 is 2.73 bits per heavy atom. The number of hydrogen-bond acceptors (Lipinski definition) is 5. The normalized spacial score (nSPS) is 13.7. The summed E-state index contributed by atoms with van der Waals surface area (Å²) in [4.78, 5) is 25.3. The molecule has 1 aliphatic rings. The summed E-state index contributed by atoms with van der Waals surface area (Å²) in [6, 6.07) is 9.06. The van der Waals surface area contributed by atoms with Crippen LogP contribution in [0.2, 0.25) is 5.02 Å². The van der Waals surface area contributed by atoms with Crippen molar-refractivity contribution in [1.29, 1.82) is 0 Å². The third-order valence-electron chi connectivity index (χ3n) is 5.18. The fourth-order valence-electron chi connectivity index (χ4n) is 3.43. The number of nitrogens with one attached hydrogen (secondary N) is 1. The van der Waals surface area contributed by atoms with Crippen LogP contribution in [0.25, 0.3) is 21.8 Å². The fourth-order valence-corrected chi connectivity index (χ4v) is 3.61. The lowest BCUT2D eigenvalue weighted by Gasteiger charge is -2.12. The second-order valence-corrected chi connectivity index (χ2v) is 7.85. The van der Waals surface area contributed by atoms with Gasteiger partial charge in [-0.3, -0.25) is 0 Å². The molecule has 2 N–H and O–H groups in total. The number of anilines is 2. The Hall–Kier alpha value is -3.32. The van der Waals surface area contributed by atoms with Crippen molar-refractivity contribution in [2.75, 3.05) is 5.32 Å². The minimum Gasteiger partial charge on any atom is -0.478 e. The molecule has 0 atom stereocenters. The number of aromatic nitrogens is 3. The highest BCUT2D eigenvalue weighted by atomic mass is 35.5. The maximum atomic E-state index is 13.5. The van der Waals surface area contributed by atoms with Gasteiger partial charge in [0.05, 0.1) is 16.1 Å². The first-order valence-electron chi connectivity index (χ1n) is 9.52. The van der Waals surface area contributed by atoms with E-state index in [4.69, 9.17) is 16.6 Å². The maximum absolute atomic E-state index is 13.5. The van der Waals surface area contributed by atoms with Crippen molar-refractivity contribution in [3.63, 3.8) is 0 Å². The van der Waals surface area contributed by atoms with Crippen LogP contribution in [-0.4, -0.2) is 26.0 Å². The van der Waals surface area contributed by atoms with Crippen molar-refractivity contribution in [1.82, 2.24) is 15.0 Å². The monoisotopic (exact) mass is 422 g/mol. The van der Waals surface area contributed by atoms with Crippen LogP contribution in [0.5, 0.6) is 0 Å². The number of halogens is 2. The summed E-state index contributed by atoms with van der Waals surface area (Å²) in [5.41, 5.74) is 1.80. The molecule has 0 radical (unpaired) electrons. The van der Waals surface area contributed by atoms with Gasteiger partial charge in [0.25, 0.3) is 0 Å². The van der Waals surface area contributed by atoms with Gasteiger partial charge in [0.2, 0.25) is 0 Å². The van der Waals surface area contributed by atoms with Crippen molar-refractivity contribution in [2.45, 2.75) is 19.3 Å². The van der Waals surface area contributed by atoms with Gasteiger partial charge in [-0.2, -0.15) is 0 Å². The van der Waals surface area contributed by atoms with Crippen LogP contribution in [0.15, 0.2) is 42.6 Å². The molecule has 8 heteroatoms. The minimum atomic E-state index is -1.03. The highest BCUT2D eigenvalue weighted by Gasteiger charge is 2.23. The molecule has 0 spiro atoms. The molecule has 0 bridgehead atoms. The summed E-state index contributed by atoms with van der Waals surface area (Å²) in [5, 5.41) is 14.0. The van der Waals surface area contributed by atoms with Gasteiger partial charge in [0.1, 0.15) is 17.2 Å². The van der Waals surface area contributed by atoms with Crippen molar-refractivity contribution < 1.29 is 14.3 Å². The van der Waals surface area contributed by atoms with Crippen molar-refractivity contribution in [3.05, 3.63) is 64.8 Å². The summed E-state index contributed by atoms with van der Waals surface area (Å²) in [6.07, 6.45) is 4.95. The average Bonchev–Trinajstić information content (AvgIpc) is 3.54. The Labute approximate surface area is 175 Å². The van der Waals surface area contributed by atoms with E-state index in [1.165, 1.54) is 37.1 Å². The highest BCUT2D eigenvalue weighted by molar-refractivity contribution is 6.31. The molecule has 2 aromatic heterocycles. The zero-order chi connectivity index (χ0) is 20.8. The largest absolute Gasteiger partial charge is 0.478 e. The average molecular weight is 423 g/mol. The van der Waals surface area contributed by atoms with Crippen LogP contribution in [0.3, 0.4) is 0 Å². The Morgan fingerprint density at radius 1 is 1.17 bits per heavy atom. The van der Waals surface area contributed by atoms with E-state index in [9.17, 15) is 14.3 Å². The van der Waals surface area contributed by atoms with E-state index >= 15 is 0 Å². The molecule has 150 valence electrons. The number of carbonyl (C=O) groups is 1. The molecule has 1 aliphatic carbocycles. The molecule has 1 saturated carbocycles. The van der Waals surface area contributed by atoms with Gasteiger partial charge in [0.15, 0.2) is 5.82 Å². The molecule has 2 heterocycles. The molecule has 5 rings (SSSR count). The van der Waals surface area contributed by atoms with Crippen molar-refractivity contribution >= 4 is 50.9 Å². The fraction of sp³-hybridized carbons (Fsp3) is 0.182. The van der Waals surface area contributed by atoms with E-state index in [0.717, 1.165) is 23.0 Å². The first-order chi connectivity index (χ1) is 14.5. The second-order valence-electron chi connectivity index (χ2n) is 7.45. The lowest BCUT2D eigenvalue weighted by molar-refractivity contribution is 0.0697. The van der Waals surface area contributed by atoms with Gasteiger partial charge in [-0.25, -0.2) is 24.1 Å². The van der Waals surface area contributed by atoms with E-state index in [0.29, 0.717) is 28.5 Å². The third-order valence-corrected chi connectivity index (χ3v) is 5.47. The van der Waals surface area contributed by atoms with Crippen LogP contribution < -0.4 is 5.32 Å². The van der Waals surface area contributed by atoms with Crippen molar-refractivity contribution in [2.24, 2.45) is 5.92 Å². The van der Waals surface area contributed by atoms with E-state index < -0.39 is 11.8 Å². The number of carboxylic acids is 1. The van der Waals surface area contributed by atoms with Crippen LogP contribution in [0.4, 0.5) is 15.9 Å². The van der Waals surface area contributed by atoms with Gasteiger partial charge in [0, 0.05) is 29.1 Å². The second kappa shape index (κ2) is 7.18. The quantitative estimate of drug-likeness (QED) is 0.421. The summed E-state index contributed by atoms with van der Waals surface area (Å²) in [6.45, 7) is 0. The molecule has 0 amide bonds. The van der Waals surface area contributed by atoms with Gasteiger partial charge in [-0.1, -0.05) is 17.7 Å². The molecule has 30 heavy (non-hydrogen) atoms. The standard InChI is InChI=1S/C22H16ClFN4O2/c23-16-9-13(4-6-17(16)24)26-21-20-15(10-25-19(28-20)7-11-1-2-11)14-5-3-12(22(29)30)8-18(14)27-21/h3-6,8-11H,1-2,7H2,(H,26,27)(H,29,30). The van der Waals surface area contributed by atoms with E-state index in [1.807, 2.05) is 0 Å². The zero-order valence-corrected chi connectivity index (χ0v) is 16.4. The Bertz CT molecular complexity index is 1320. The Balaban J connectivity index is 1.70. The predicted octanol–water partition coefficient (Wildman–Crippen LogP) is 5.36. The summed E-state index contributed by atoms with van der Waals surface area (Å²) in [7, 11) is 0. The number of benzene rings is 2. The van der Waals surface area contributed by atoms with Crippen LogP contribution in [-0.2, 0) is 6.42 Å². The van der Waals surface area contributed by atoms with E-state index in [2.05, 4.69) is 15.3 Å². The molecule has 4 aromatic rings. The number of nitrogens with zero attached hydrogens (tertiary/aromatic N) is 3. The molecule has 1 fully saturated rings. The number of hydrogen-bond donors (Lipinski definition) is 2. The summed E-state index contributed by atoms with van der Waals surface area (Å²) >= 11 is 5.91. The molecule has 0 unspecified atom stereocenters. The summed E-state index contributed by atoms with van der Waals surface area (Å²) in [5.74, 6) is 0.255. The molecule has 2 aromatic carbocycles. The number of rotatable bonds is 5. The summed E-state index contributed by atoms with van der Waals surface area (Å²) < 4.78 is 13.5. The third kappa shape index (κ3) is 3.52. The van der Waals surface area contributed by atoms with Gasteiger partial charge < -0.3 is 10.4 Å². The van der Waals surface area contributed by atoms with Gasteiger partial charge >= 0.3 is 5.97 Å². The molecule has 0 aliphatic heterocycles. The highest BCUT2D eigenvalue weighted by Crippen LogP contribution is 2.34. The van der Waals surface area contributed by atoms with Crippen molar-refractivity contribution in [3.8, 4) is 0 Å². The molecule has 6 nitrogen and oxygen atoms in total. The maximum Gasteiger partial charge on any atom is 0.335 e. The first-order valence-corrected chi connectivity index (χ1v) is 9.90. The molecular formula is C22H16ClFN4O2. The Kier molecular flexibility index (Phi) is 4.47. The Morgan fingerprint density at radius 2 is 2.00 bits per heavy atom. The lowest BCUT2D eigenvalue weighted by atomic mass is 10.1. The van der Waals surface area contributed by atoms with Crippen LogP contribution in [0, 0.1) is 11.7 Å². The SMILES string of the molecule is O=C(O)c1ccc2c(c1)nc(Nc1ccc(F)c(Cl)c1)c1nc(CC3CC3)ncc12. The lowest BCUT2D eigenvalue weighted by Crippen LogP contribution is -2.03. The predicted molar refractivity (Wildman–Crippen MR) is 113 cm³/mol. The number of aromatic carboxylic acids is 1. The number of fused-ring (bicyclic) bond motifs is 3.